The summed E-state index contributed by atoms with van der Waals surface area (Å²) in [4.78, 5) is 20.4. The van der Waals surface area contributed by atoms with E-state index in [-0.39, 0.29) is 12.1 Å². The predicted octanol–water partition coefficient (Wildman–Crippen LogP) is 3.20. The van der Waals surface area contributed by atoms with Crippen LogP contribution < -0.4 is 4.74 Å². The van der Waals surface area contributed by atoms with Gasteiger partial charge in [0, 0.05) is 31.7 Å². The highest BCUT2D eigenvalue weighted by molar-refractivity contribution is 6.34. The van der Waals surface area contributed by atoms with Gasteiger partial charge < -0.3 is 14.4 Å². The van der Waals surface area contributed by atoms with E-state index in [9.17, 15) is 4.79 Å². The maximum atomic E-state index is 12.3. The Kier molecular flexibility index (Phi) is 4.82. The second-order valence-corrected chi connectivity index (χ2v) is 7.83. The first-order chi connectivity index (χ1) is 11.2. The summed E-state index contributed by atoms with van der Waals surface area (Å²) >= 11 is 12.4. The van der Waals surface area contributed by atoms with Crippen molar-refractivity contribution < 1.29 is 14.3 Å². The molecule has 2 aliphatic heterocycles. The van der Waals surface area contributed by atoms with Gasteiger partial charge in [-0.1, -0.05) is 23.2 Å². The number of halogens is 2. The molecule has 132 valence electrons. The normalized spacial score (nSPS) is 21.4. The first-order valence-electron chi connectivity index (χ1n) is 7.92. The van der Waals surface area contributed by atoms with E-state index < -0.39 is 5.60 Å². The number of hydrogen-bond donors (Lipinski definition) is 0. The fraction of sp³-hybridized carbons (Fsp3) is 0.625. The summed E-state index contributed by atoms with van der Waals surface area (Å²) < 4.78 is 11.3. The molecular weight excluding hydrogens is 353 g/mol. The van der Waals surface area contributed by atoms with Crippen molar-refractivity contribution in [2.24, 2.45) is 0 Å². The predicted molar refractivity (Wildman–Crippen MR) is 91.8 cm³/mol. The van der Waals surface area contributed by atoms with Crippen LogP contribution in [0, 0.1) is 0 Å². The number of amides is 1. The number of pyridine rings is 1. The van der Waals surface area contributed by atoms with Crippen LogP contribution in [0.15, 0.2) is 6.20 Å². The topological polar surface area (TPSA) is 54.9 Å². The third-order valence-corrected chi connectivity index (χ3v) is 4.66. The fourth-order valence-electron chi connectivity index (χ4n) is 2.91. The molecule has 1 amide bonds. The molecule has 1 aromatic heterocycles. The highest BCUT2D eigenvalue weighted by Gasteiger charge is 2.35. The Labute approximate surface area is 151 Å². The van der Waals surface area contributed by atoms with E-state index >= 15 is 0 Å². The van der Waals surface area contributed by atoms with Crippen molar-refractivity contribution in [3.05, 3.63) is 21.9 Å². The molecule has 0 bridgehead atoms. The highest BCUT2D eigenvalue weighted by Crippen LogP contribution is 2.36. The summed E-state index contributed by atoms with van der Waals surface area (Å²) in [6.45, 7) is 8.50. The molecule has 0 N–H and O–H groups in total. The summed E-state index contributed by atoms with van der Waals surface area (Å²) in [5.74, 6) is 0.592. The summed E-state index contributed by atoms with van der Waals surface area (Å²) in [5, 5.41) is 0.864. The van der Waals surface area contributed by atoms with Crippen LogP contribution >= 0.6 is 23.2 Å². The Hall–Kier alpha value is -1.24. The van der Waals surface area contributed by atoms with E-state index in [1.807, 2.05) is 20.8 Å². The zero-order valence-corrected chi connectivity index (χ0v) is 15.5. The van der Waals surface area contributed by atoms with E-state index in [4.69, 9.17) is 32.7 Å². The second-order valence-electron chi connectivity index (χ2n) is 7.07. The lowest BCUT2D eigenvalue weighted by Gasteiger charge is -2.40. The van der Waals surface area contributed by atoms with Gasteiger partial charge in [0.05, 0.1) is 12.2 Å². The minimum absolute atomic E-state index is 0.0609. The van der Waals surface area contributed by atoms with Crippen molar-refractivity contribution in [1.29, 1.82) is 0 Å². The maximum Gasteiger partial charge on any atom is 0.410 e. The molecule has 1 fully saturated rings. The van der Waals surface area contributed by atoms with Crippen LogP contribution in [0.5, 0.6) is 5.75 Å². The Morgan fingerprint density at radius 1 is 1.38 bits per heavy atom. The quantitative estimate of drug-likeness (QED) is 0.653. The highest BCUT2D eigenvalue weighted by atomic mass is 35.5. The van der Waals surface area contributed by atoms with E-state index in [2.05, 4.69) is 9.88 Å². The van der Waals surface area contributed by atoms with Crippen LogP contribution in [0.25, 0.3) is 0 Å². The number of carbonyl (C=O) groups excluding carboxylic acids is 1. The van der Waals surface area contributed by atoms with Gasteiger partial charge in [-0.15, -0.1) is 0 Å². The number of fused-ring (bicyclic) bond motifs is 2. The molecule has 0 spiro atoms. The second kappa shape index (κ2) is 6.58. The summed E-state index contributed by atoms with van der Waals surface area (Å²) in [6.07, 6.45) is 1.21. The van der Waals surface area contributed by atoms with Crippen molar-refractivity contribution in [2.75, 3.05) is 26.2 Å². The molecule has 1 aromatic rings. The summed E-state index contributed by atoms with van der Waals surface area (Å²) in [6, 6.07) is 0.0609. The Morgan fingerprint density at radius 3 is 2.83 bits per heavy atom. The fourth-order valence-corrected chi connectivity index (χ4v) is 3.33. The number of hydrogen-bond acceptors (Lipinski definition) is 5. The smallest absolute Gasteiger partial charge is 0.410 e. The van der Waals surface area contributed by atoms with Gasteiger partial charge in [-0.3, -0.25) is 4.90 Å². The van der Waals surface area contributed by atoms with Crippen LogP contribution in [0.1, 0.15) is 26.3 Å². The Balaban J connectivity index is 1.73. The Morgan fingerprint density at radius 2 is 2.12 bits per heavy atom. The van der Waals surface area contributed by atoms with Gasteiger partial charge >= 0.3 is 6.09 Å². The number of ether oxygens (including phenoxy) is 2. The van der Waals surface area contributed by atoms with E-state index in [0.717, 1.165) is 12.1 Å². The van der Waals surface area contributed by atoms with Crippen molar-refractivity contribution in [3.63, 3.8) is 0 Å². The molecule has 24 heavy (non-hydrogen) atoms. The molecule has 8 heteroatoms. The van der Waals surface area contributed by atoms with E-state index in [0.29, 0.717) is 42.2 Å². The lowest BCUT2D eigenvalue weighted by Crippen LogP contribution is -2.56. The molecule has 1 saturated heterocycles. The number of rotatable bonds is 0. The molecule has 2 aliphatic rings. The molecular formula is C16H21Cl2N3O3. The summed E-state index contributed by atoms with van der Waals surface area (Å²) in [7, 11) is 0. The number of piperazine rings is 1. The van der Waals surface area contributed by atoms with Crippen LogP contribution in [0.4, 0.5) is 4.79 Å². The lowest BCUT2D eigenvalue weighted by molar-refractivity contribution is -0.00154. The molecule has 0 radical (unpaired) electrons. The van der Waals surface area contributed by atoms with Gasteiger partial charge in [0.15, 0.2) is 0 Å². The van der Waals surface area contributed by atoms with Crippen molar-refractivity contribution >= 4 is 29.3 Å². The monoisotopic (exact) mass is 373 g/mol. The van der Waals surface area contributed by atoms with Gasteiger partial charge in [0.25, 0.3) is 0 Å². The summed E-state index contributed by atoms with van der Waals surface area (Å²) in [5.41, 5.74) is 0.300. The molecule has 0 aliphatic carbocycles. The van der Waals surface area contributed by atoms with E-state index in [1.165, 1.54) is 6.20 Å². The van der Waals surface area contributed by atoms with Gasteiger partial charge in [0.2, 0.25) is 0 Å². The zero-order chi connectivity index (χ0) is 17.5. The first-order valence-corrected chi connectivity index (χ1v) is 8.68. The molecule has 0 aromatic carbocycles. The van der Waals surface area contributed by atoms with Crippen molar-refractivity contribution in [3.8, 4) is 5.75 Å². The SMILES string of the molecule is CC(C)(C)OC(=O)N1CCN2Cc3c(Cl)ncc(Cl)c3OC[C@H]2C1. The van der Waals surface area contributed by atoms with Gasteiger partial charge in [-0.25, -0.2) is 9.78 Å². The third kappa shape index (κ3) is 3.71. The average Bonchev–Trinajstić information content (AvgIpc) is 2.69. The van der Waals surface area contributed by atoms with Crippen LogP contribution in [0.3, 0.4) is 0 Å². The molecule has 1 atom stereocenters. The van der Waals surface area contributed by atoms with Crippen LogP contribution in [0.2, 0.25) is 10.2 Å². The number of nitrogens with zero attached hydrogens (tertiary/aromatic N) is 3. The van der Waals surface area contributed by atoms with E-state index in [1.54, 1.807) is 4.90 Å². The van der Waals surface area contributed by atoms with Gasteiger partial charge in [0.1, 0.15) is 28.1 Å². The Bertz CT molecular complexity index is 648. The van der Waals surface area contributed by atoms with Gasteiger partial charge in [-0.2, -0.15) is 0 Å². The standard InChI is InChI=1S/C16H21Cl2N3O3/c1-16(2,3)24-15(22)21-5-4-20-8-11-13(23-9-10(20)7-21)12(17)6-19-14(11)18/h6,10H,4-5,7-9H2,1-3H3/t10-/m1/s1. The number of carbonyl (C=O) groups is 1. The molecule has 3 rings (SSSR count). The van der Waals surface area contributed by atoms with Crippen LogP contribution in [-0.4, -0.2) is 58.8 Å². The minimum atomic E-state index is -0.503. The first kappa shape index (κ1) is 17.6. The lowest BCUT2D eigenvalue weighted by atomic mass is 10.1. The van der Waals surface area contributed by atoms with Gasteiger partial charge in [-0.05, 0) is 20.8 Å². The third-order valence-electron chi connectivity index (χ3n) is 4.07. The minimum Gasteiger partial charge on any atom is -0.490 e. The van der Waals surface area contributed by atoms with Crippen LogP contribution in [-0.2, 0) is 11.3 Å². The number of aromatic nitrogens is 1. The molecule has 0 unspecified atom stereocenters. The van der Waals surface area contributed by atoms with Crippen molar-refractivity contribution in [2.45, 2.75) is 39.0 Å². The zero-order valence-electron chi connectivity index (χ0n) is 14.0. The average molecular weight is 374 g/mol. The largest absolute Gasteiger partial charge is 0.490 e. The van der Waals surface area contributed by atoms with Crippen molar-refractivity contribution in [1.82, 2.24) is 14.8 Å². The molecule has 3 heterocycles. The maximum absolute atomic E-state index is 12.3. The molecule has 6 nitrogen and oxygen atoms in total. The molecule has 0 saturated carbocycles.